The summed E-state index contributed by atoms with van der Waals surface area (Å²) in [6, 6.07) is 5.36. The third-order valence-electron chi connectivity index (χ3n) is 2.23. The fraction of sp³-hybridized carbons (Fsp3) is 0.0909. The lowest BCUT2D eigenvalue weighted by Gasteiger charge is -2.15. The molecule has 0 bridgehead atoms. The Balaban J connectivity index is 2.57. The van der Waals surface area contributed by atoms with Crippen molar-refractivity contribution in [1.29, 1.82) is 0 Å². The first-order valence-electron chi connectivity index (χ1n) is 4.63. The Morgan fingerprint density at radius 1 is 1.29 bits per heavy atom. The number of hydrogen-bond acceptors (Lipinski definition) is 3. The van der Waals surface area contributed by atoms with Gasteiger partial charge in [-0.2, -0.15) is 0 Å². The van der Waals surface area contributed by atoms with Crippen LogP contribution in [0, 0.1) is 0 Å². The summed E-state index contributed by atoms with van der Waals surface area (Å²) in [5.74, 6) is 0. The van der Waals surface area contributed by atoms with Gasteiger partial charge in [-0.25, -0.2) is 0 Å². The summed E-state index contributed by atoms with van der Waals surface area (Å²) < 4.78 is 3.15. The number of benzene rings is 1. The predicted octanol–water partition coefficient (Wildman–Crippen LogP) is 4.21. The van der Waals surface area contributed by atoms with Crippen molar-refractivity contribution in [3.05, 3.63) is 42.2 Å². The highest BCUT2D eigenvalue weighted by Gasteiger charge is 2.26. The third-order valence-corrected chi connectivity index (χ3v) is 2.85. The van der Waals surface area contributed by atoms with E-state index in [2.05, 4.69) is 21.5 Å². The summed E-state index contributed by atoms with van der Waals surface area (Å²) in [6.45, 7) is 3.68. The van der Waals surface area contributed by atoms with Crippen molar-refractivity contribution in [2.45, 2.75) is 3.79 Å². The first kappa shape index (κ1) is 12.4. The summed E-state index contributed by atoms with van der Waals surface area (Å²) in [6.07, 6.45) is 3.05. The number of nitrogens with zero attached hydrogens (tertiary/aromatic N) is 2. The summed E-state index contributed by atoms with van der Waals surface area (Å²) >= 11 is 17.7. The molecular formula is C11H7Cl3N2O. The first-order chi connectivity index (χ1) is 8.02. The van der Waals surface area contributed by atoms with Crippen molar-refractivity contribution >= 4 is 40.9 Å². The van der Waals surface area contributed by atoms with Crippen molar-refractivity contribution in [2.75, 3.05) is 0 Å². The van der Waals surface area contributed by atoms with Gasteiger partial charge in [0.25, 0.3) is 0 Å². The van der Waals surface area contributed by atoms with Crippen LogP contribution in [-0.4, -0.2) is 10.4 Å². The highest BCUT2D eigenvalue weighted by Crippen LogP contribution is 2.41. The van der Waals surface area contributed by atoms with E-state index < -0.39 is 3.79 Å². The summed E-state index contributed by atoms with van der Waals surface area (Å²) in [7, 11) is 0. The molecular weight excluding hydrogens is 282 g/mol. The molecule has 1 aromatic heterocycles. The van der Waals surface area contributed by atoms with Crippen molar-refractivity contribution in [3.63, 3.8) is 0 Å². The Morgan fingerprint density at radius 3 is 2.59 bits per heavy atom. The van der Waals surface area contributed by atoms with E-state index in [1.165, 1.54) is 6.26 Å². The molecule has 0 saturated heterocycles. The molecule has 2 rings (SSSR count). The zero-order valence-corrected chi connectivity index (χ0v) is 10.8. The second-order valence-corrected chi connectivity index (χ2v) is 5.58. The molecule has 0 aliphatic heterocycles. The van der Waals surface area contributed by atoms with Gasteiger partial charge in [0.15, 0.2) is 6.26 Å². The normalized spacial score (nSPS) is 11.5. The van der Waals surface area contributed by atoms with Crippen molar-refractivity contribution in [2.24, 2.45) is 0 Å². The van der Waals surface area contributed by atoms with Gasteiger partial charge >= 0.3 is 0 Å². The van der Waals surface area contributed by atoms with E-state index in [-0.39, 0.29) is 0 Å². The molecule has 17 heavy (non-hydrogen) atoms. The first-order valence-corrected chi connectivity index (χ1v) is 5.77. The van der Waals surface area contributed by atoms with Gasteiger partial charge in [0.05, 0.1) is 0 Å². The minimum Gasteiger partial charge on any atom is -0.345 e. The number of hydrogen-bond donors (Lipinski definition) is 0. The van der Waals surface area contributed by atoms with Crippen LogP contribution < -0.4 is 0 Å². The minimum atomic E-state index is -1.52. The molecule has 0 spiro atoms. The molecule has 0 aliphatic rings. The second kappa shape index (κ2) is 4.69. The van der Waals surface area contributed by atoms with Gasteiger partial charge in [0, 0.05) is 16.4 Å². The topological polar surface area (TPSA) is 38.9 Å². The second-order valence-electron chi connectivity index (χ2n) is 3.29. The molecule has 0 fully saturated rings. The largest absolute Gasteiger partial charge is 0.345 e. The molecule has 0 unspecified atom stereocenters. The minimum absolute atomic E-state index is 0.540. The molecule has 0 radical (unpaired) electrons. The van der Waals surface area contributed by atoms with E-state index in [1.54, 1.807) is 18.2 Å². The lowest BCUT2D eigenvalue weighted by molar-refractivity contribution is 0.393. The molecule has 3 nitrogen and oxygen atoms in total. The number of aromatic nitrogens is 2. The van der Waals surface area contributed by atoms with Gasteiger partial charge in [0.1, 0.15) is 5.69 Å². The average molecular weight is 290 g/mol. The Kier molecular flexibility index (Phi) is 3.43. The fourth-order valence-corrected chi connectivity index (χ4v) is 1.92. The lowest BCUT2D eigenvalue weighted by Crippen LogP contribution is -2.03. The molecule has 0 amide bonds. The van der Waals surface area contributed by atoms with Crippen LogP contribution in [0.4, 0.5) is 0 Å². The fourth-order valence-electron chi connectivity index (χ4n) is 1.43. The van der Waals surface area contributed by atoms with Gasteiger partial charge in [-0.3, -0.25) is 0 Å². The zero-order valence-electron chi connectivity index (χ0n) is 8.53. The highest BCUT2D eigenvalue weighted by atomic mass is 35.6. The molecule has 1 aromatic carbocycles. The monoisotopic (exact) mass is 288 g/mol. The van der Waals surface area contributed by atoms with Crippen molar-refractivity contribution in [3.8, 4) is 11.3 Å². The summed E-state index contributed by atoms with van der Waals surface area (Å²) in [5.41, 5.74) is 2.64. The molecule has 6 heteroatoms. The lowest BCUT2D eigenvalue weighted by atomic mass is 10.0. The smallest absolute Gasteiger partial charge is 0.216 e. The maximum absolute atomic E-state index is 5.90. The molecule has 2 aromatic rings. The van der Waals surface area contributed by atoms with Crippen LogP contribution in [-0.2, 0) is 3.79 Å². The third kappa shape index (κ3) is 2.63. The van der Waals surface area contributed by atoms with Crippen LogP contribution >= 0.6 is 34.8 Å². The van der Waals surface area contributed by atoms with E-state index in [1.807, 2.05) is 6.07 Å². The van der Waals surface area contributed by atoms with Gasteiger partial charge < -0.3 is 4.52 Å². The van der Waals surface area contributed by atoms with Gasteiger partial charge in [-0.15, -0.1) is 5.10 Å². The highest BCUT2D eigenvalue weighted by molar-refractivity contribution is 6.66. The Labute approximate surface area is 113 Å². The summed E-state index contributed by atoms with van der Waals surface area (Å²) in [4.78, 5) is 0. The van der Waals surface area contributed by atoms with Crippen LogP contribution in [0.2, 0.25) is 0 Å². The van der Waals surface area contributed by atoms with E-state index in [9.17, 15) is 0 Å². The van der Waals surface area contributed by atoms with E-state index >= 15 is 0 Å². The number of halogens is 3. The quantitative estimate of drug-likeness (QED) is 0.778. The maximum Gasteiger partial charge on any atom is 0.216 e. The van der Waals surface area contributed by atoms with E-state index in [0.717, 1.165) is 11.1 Å². The average Bonchev–Trinajstić information content (AvgIpc) is 2.80. The number of alkyl halides is 3. The molecule has 1 heterocycles. The Hall–Kier alpha value is -1.03. The number of rotatable bonds is 2. The van der Waals surface area contributed by atoms with Gasteiger partial charge in [0.2, 0.25) is 3.79 Å². The van der Waals surface area contributed by atoms with Gasteiger partial charge in [-0.05, 0) is 11.6 Å². The zero-order chi connectivity index (χ0) is 12.5. The van der Waals surface area contributed by atoms with Crippen molar-refractivity contribution < 1.29 is 4.52 Å². The van der Waals surface area contributed by atoms with Crippen LogP contribution in [0.25, 0.3) is 17.3 Å². The van der Waals surface area contributed by atoms with Crippen LogP contribution in [0.5, 0.6) is 0 Å². The van der Waals surface area contributed by atoms with Gasteiger partial charge in [-0.1, -0.05) is 59.6 Å². The van der Waals surface area contributed by atoms with Crippen LogP contribution in [0.15, 0.2) is 35.6 Å². The standard InChI is InChI=1S/C11H7Cl3N2O/c1-2-7-3-4-8(10-6-17-16-15-10)5-9(7)11(12,13)14/h2-6H,1H2. The Bertz CT molecular complexity index is 532. The maximum atomic E-state index is 5.90. The molecule has 0 atom stereocenters. The molecule has 0 aliphatic carbocycles. The molecule has 0 saturated carbocycles. The van der Waals surface area contributed by atoms with E-state index in [4.69, 9.17) is 34.8 Å². The van der Waals surface area contributed by atoms with Crippen molar-refractivity contribution in [1.82, 2.24) is 10.4 Å². The predicted molar refractivity (Wildman–Crippen MR) is 69.1 cm³/mol. The van der Waals surface area contributed by atoms with E-state index in [0.29, 0.717) is 11.3 Å². The van der Waals surface area contributed by atoms with Crippen LogP contribution in [0.1, 0.15) is 11.1 Å². The molecule has 0 N–H and O–H groups in total. The van der Waals surface area contributed by atoms with Crippen LogP contribution in [0.3, 0.4) is 0 Å². The summed E-state index contributed by atoms with van der Waals surface area (Å²) in [5, 5.41) is 7.18. The Morgan fingerprint density at radius 2 is 2.06 bits per heavy atom. The molecule has 88 valence electrons. The SMILES string of the molecule is C=Cc1ccc(-c2conn2)cc1C(Cl)(Cl)Cl.